The summed E-state index contributed by atoms with van der Waals surface area (Å²) in [5, 5.41) is 0.564. The molecule has 5 heteroatoms. The van der Waals surface area contributed by atoms with Gasteiger partial charge in [-0.05, 0) is 25.3 Å². The molecule has 0 bridgehead atoms. The van der Waals surface area contributed by atoms with E-state index in [0.717, 1.165) is 32.4 Å². The maximum Gasteiger partial charge on any atom is 0.270 e. The Morgan fingerprint density at radius 3 is 3.17 bits per heavy atom. The van der Waals surface area contributed by atoms with Crippen molar-refractivity contribution >= 4 is 17.5 Å². The van der Waals surface area contributed by atoms with Gasteiger partial charge in [0.2, 0.25) is 0 Å². The van der Waals surface area contributed by atoms with Gasteiger partial charge in [0.15, 0.2) is 0 Å². The zero-order valence-electron chi connectivity index (χ0n) is 10.6. The minimum atomic E-state index is 0.00620. The first-order chi connectivity index (χ1) is 8.70. The lowest BCUT2D eigenvalue weighted by molar-refractivity contribution is 0.00194. The predicted octanol–water partition coefficient (Wildman–Crippen LogP) is 2.70. The SMILES string of the molecule is CCCO[C@@H]1CCCN(C(=O)c2cc(Cl)c[nH]2)C1. The number of carbonyl (C=O) groups is 1. The van der Waals surface area contributed by atoms with Gasteiger partial charge in [-0.3, -0.25) is 4.79 Å². The molecule has 1 saturated heterocycles. The van der Waals surface area contributed by atoms with E-state index in [1.54, 1.807) is 12.3 Å². The lowest BCUT2D eigenvalue weighted by Gasteiger charge is -2.32. The van der Waals surface area contributed by atoms with Gasteiger partial charge >= 0.3 is 0 Å². The number of aromatic nitrogens is 1. The van der Waals surface area contributed by atoms with Crippen molar-refractivity contribution in [3.63, 3.8) is 0 Å². The average molecular weight is 271 g/mol. The molecule has 1 aromatic heterocycles. The number of H-pyrrole nitrogens is 1. The Kier molecular flexibility index (Phi) is 4.66. The van der Waals surface area contributed by atoms with E-state index in [4.69, 9.17) is 16.3 Å². The number of hydrogen-bond acceptors (Lipinski definition) is 2. The minimum Gasteiger partial charge on any atom is -0.376 e. The number of nitrogens with zero attached hydrogens (tertiary/aromatic N) is 1. The van der Waals surface area contributed by atoms with Crippen LogP contribution in [0.4, 0.5) is 0 Å². The van der Waals surface area contributed by atoms with E-state index >= 15 is 0 Å². The van der Waals surface area contributed by atoms with Gasteiger partial charge in [-0.2, -0.15) is 0 Å². The molecule has 0 unspecified atom stereocenters. The molecule has 0 aromatic carbocycles. The number of likely N-dealkylation sites (tertiary alicyclic amines) is 1. The van der Waals surface area contributed by atoms with Crippen LogP contribution in [0.1, 0.15) is 36.7 Å². The highest BCUT2D eigenvalue weighted by molar-refractivity contribution is 6.30. The highest BCUT2D eigenvalue weighted by atomic mass is 35.5. The molecule has 1 atom stereocenters. The molecule has 4 nitrogen and oxygen atoms in total. The fourth-order valence-electron chi connectivity index (χ4n) is 2.20. The van der Waals surface area contributed by atoms with Gasteiger partial charge in [-0.1, -0.05) is 18.5 Å². The number of rotatable bonds is 4. The summed E-state index contributed by atoms with van der Waals surface area (Å²) in [6, 6.07) is 1.67. The van der Waals surface area contributed by atoms with Gasteiger partial charge < -0.3 is 14.6 Å². The summed E-state index contributed by atoms with van der Waals surface area (Å²) in [5.41, 5.74) is 0.552. The molecule has 0 spiro atoms. The van der Waals surface area contributed by atoms with Gasteiger partial charge in [0, 0.05) is 25.9 Å². The molecular formula is C13H19ClN2O2. The summed E-state index contributed by atoms with van der Waals surface area (Å²) in [6.45, 7) is 4.32. The van der Waals surface area contributed by atoms with Crippen LogP contribution in [0.25, 0.3) is 0 Å². The van der Waals surface area contributed by atoms with E-state index in [1.807, 2.05) is 4.90 Å². The Hall–Kier alpha value is -1.00. The molecular weight excluding hydrogens is 252 g/mol. The number of halogens is 1. The monoisotopic (exact) mass is 270 g/mol. The molecule has 1 N–H and O–H groups in total. The van der Waals surface area contributed by atoms with E-state index in [2.05, 4.69) is 11.9 Å². The number of hydrogen-bond donors (Lipinski definition) is 1. The van der Waals surface area contributed by atoms with Crippen molar-refractivity contribution in [2.45, 2.75) is 32.3 Å². The van der Waals surface area contributed by atoms with E-state index in [-0.39, 0.29) is 12.0 Å². The van der Waals surface area contributed by atoms with Gasteiger partial charge in [-0.25, -0.2) is 0 Å². The Morgan fingerprint density at radius 1 is 1.67 bits per heavy atom. The van der Waals surface area contributed by atoms with Crippen LogP contribution in [0, 0.1) is 0 Å². The molecule has 1 aliphatic heterocycles. The highest BCUT2D eigenvalue weighted by Crippen LogP contribution is 2.17. The van der Waals surface area contributed by atoms with Crippen molar-refractivity contribution in [2.24, 2.45) is 0 Å². The zero-order chi connectivity index (χ0) is 13.0. The van der Waals surface area contributed by atoms with Gasteiger partial charge in [0.25, 0.3) is 5.91 Å². The van der Waals surface area contributed by atoms with Crippen LogP contribution in [0.5, 0.6) is 0 Å². The Balaban J connectivity index is 1.94. The number of piperidine rings is 1. The summed E-state index contributed by atoms with van der Waals surface area (Å²) >= 11 is 5.81. The topological polar surface area (TPSA) is 45.3 Å². The van der Waals surface area contributed by atoms with E-state index in [0.29, 0.717) is 17.3 Å². The van der Waals surface area contributed by atoms with E-state index in [9.17, 15) is 4.79 Å². The second kappa shape index (κ2) is 6.25. The fourth-order valence-corrected chi connectivity index (χ4v) is 2.37. The third-order valence-electron chi connectivity index (χ3n) is 3.10. The van der Waals surface area contributed by atoms with Crippen LogP contribution in [0.3, 0.4) is 0 Å². The summed E-state index contributed by atoms with van der Waals surface area (Å²) in [7, 11) is 0. The summed E-state index contributed by atoms with van der Waals surface area (Å²) in [6.07, 6.45) is 4.85. The molecule has 1 amide bonds. The van der Waals surface area contributed by atoms with Gasteiger partial charge in [0.1, 0.15) is 5.69 Å². The molecule has 0 saturated carbocycles. The number of ether oxygens (including phenoxy) is 1. The largest absolute Gasteiger partial charge is 0.376 e. The Labute approximate surface area is 112 Å². The standard InChI is InChI=1S/C13H19ClN2O2/c1-2-6-18-11-4-3-5-16(9-11)13(17)12-7-10(14)8-15-12/h7-8,11,15H,2-6,9H2,1H3/t11-/m1/s1. The van der Waals surface area contributed by atoms with Crippen LogP contribution in [0.15, 0.2) is 12.3 Å². The summed E-state index contributed by atoms with van der Waals surface area (Å²) < 4.78 is 5.72. The molecule has 2 rings (SSSR count). The molecule has 1 aromatic rings. The number of carbonyl (C=O) groups excluding carboxylic acids is 1. The molecule has 0 aliphatic carbocycles. The van der Waals surface area contributed by atoms with Crippen molar-refractivity contribution in [2.75, 3.05) is 19.7 Å². The number of amides is 1. The second-order valence-corrected chi connectivity index (χ2v) is 5.05. The first kappa shape index (κ1) is 13.4. The summed E-state index contributed by atoms with van der Waals surface area (Å²) in [5.74, 6) is 0.00620. The quantitative estimate of drug-likeness (QED) is 0.914. The van der Waals surface area contributed by atoms with Crippen molar-refractivity contribution < 1.29 is 9.53 Å². The fraction of sp³-hybridized carbons (Fsp3) is 0.615. The second-order valence-electron chi connectivity index (χ2n) is 4.62. The third kappa shape index (κ3) is 3.27. The van der Waals surface area contributed by atoms with Crippen molar-refractivity contribution in [3.8, 4) is 0 Å². The van der Waals surface area contributed by atoms with Crippen LogP contribution >= 0.6 is 11.6 Å². The molecule has 18 heavy (non-hydrogen) atoms. The lowest BCUT2D eigenvalue weighted by atomic mass is 10.1. The van der Waals surface area contributed by atoms with Gasteiger partial charge in [0.05, 0.1) is 11.1 Å². The van der Waals surface area contributed by atoms with Crippen LogP contribution < -0.4 is 0 Å². The smallest absolute Gasteiger partial charge is 0.270 e. The molecule has 0 radical (unpaired) electrons. The van der Waals surface area contributed by atoms with E-state index < -0.39 is 0 Å². The molecule has 1 aliphatic rings. The van der Waals surface area contributed by atoms with Crippen LogP contribution in [-0.4, -0.2) is 41.6 Å². The maximum atomic E-state index is 12.2. The van der Waals surface area contributed by atoms with Crippen molar-refractivity contribution in [3.05, 3.63) is 23.0 Å². The predicted molar refractivity (Wildman–Crippen MR) is 71.0 cm³/mol. The van der Waals surface area contributed by atoms with Gasteiger partial charge in [-0.15, -0.1) is 0 Å². The molecule has 2 heterocycles. The lowest BCUT2D eigenvalue weighted by Crippen LogP contribution is -2.43. The normalized spacial score (nSPS) is 20.1. The van der Waals surface area contributed by atoms with Crippen molar-refractivity contribution in [1.29, 1.82) is 0 Å². The zero-order valence-corrected chi connectivity index (χ0v) is 11.4. The number of aromatic amines is 1. The molecule has 100 valence electrons. The summed E-state index contributed by atoms with van der Waals surface area (Å²) in [4.78, 5) is 16.9. The maximum absolute atomic E-state index is 12.2. The highest BCUT2D eigenvalue weighted by Gasteiger charge is 2.25. The minimum absolute atomic E-state index is 0.00620. The van der Waals surface area contributed by atoms with E-state index in [1.165, 1.54) is 0 Å². The van der Waals surface area contributed by atoms with Crippen LogP contribution in [0.2, 0.25) is 5.02 Å². The Bertz CT molecular complexity index is 405. The molecule has 1 fully saturated rings. The van der Waals surface area contributed by atoms with Crippen LogP contribution in [-0.2, 0) is 4.74 Å². The third-order valence-corrected chi connectivity index (χ3v) is 3.32. The van der Waals surface area contributed by atoms with Crippen molar-refractivity contribution in [1.82, 2.24) is 9.88 Å². The first-order valence-electron chi connectivity index (χ1n) is 6.45. The first-order valence-corrected chi connectivity index (χ1v) is 6.83. The average Bonchev–Trinajstić information content (AvgIpc) is 2.82. The number of nitrogens with one attached hydrogen (secondary N) is 1. The Morgan fingerprint density at radius 2 is 2.50 bits per heavy atom.